The highest BCUT2D eigenvalue weighted by molar-refractivity contribution is 5.34. The van der Waals surface area contributed by atoms with Crippen molar-refractivity contribution >= 4 is 0 Å². The summed E-state index contributed by atoms with van der Waals surface area (Å²) in [6, 6.07) is 9.36. The highest BCUT2D eigenvalue weighted by atomic mass is 15.0. The van der Waals surface area contributed by atoms with Gasteiger partial charge in [-0.1, -0.05) is 24.3 Å². The number of aromatic nitrogens is 2. The van der Waals surface area contributed by atoms with E-state index in [1.807, 2.05) is 6.20 Å². The van der Waals surface area contributed by atoms with E-state index >= 15 is 0 Å². The van der Waals surface area contributed by atoms with Gasteiger partial charge >= 0.3 is 0 Å². The predicted octanol–water partition coefficient (Wildman–Crippen LogP) is 2.81. The van der Waals surface area contributed by atoms with E-state index in [4.69, 9.17) is 0 Å². The van der Waals surface area contributed by atoms with Gasteiger partial charge in [0.25, 0.3) is 0 Å². The molecule has 2 aromatic rings. The van der Waals surface area contributed by atoms with Crippen LogP contribution in [0.15, 0.2) is 42.9 Å². The fourth-order valence-corrected chi connectivity index (χ4v) is 2.65. The van der Waals surface area contributed by atoms with Gasteiger partial charge in [0.05, 0.1) is 5.69 Å². The minimum absolute atomic E-state index is 0.231. The molecule has 3 nitrogen and oxygen atoms in total. The van der Waals surface area contributed by atoms with Gasteiger partial charge in [-0.05, 0) is 30.9 Å². The Bertz CT molecular complexity index is 524. The third-order valence-corrected chi connectivity index (χ3v) is 3.61. The van der Waals surface area contributed by atoms with Gasteiger partial charge in [0.2, 0.25) is 0 Å². The molecule has 0 saturated carbocycles. The third-order valence-electron chi connectivity index (χ3n) is 3.61. The van der Waals surface area contributed by atoms with Gasteiger partial charge in [-0.15, -0.1) is 0 Å². The summed E-state index contributed by atoms with van der Waals surface area (Å²) in [5.41, 5.74) is 3.91. The van der Waals surface area contributed by atoms with E-state index < -0.39 is 0 Å². The maximum absolute atomic E-state index is 4.35. The van der Waals surface area contributed by atoms with Crippen LogP contribution in [0.5, 0.6) is 0 Å². The quantitative estimate of drug-likeness (QED) is 0.895. The Kier molecular flexibility index (Phi) is 3.07. The fraction of sp³-hybridized carbons (Fsp3) is 0.333. The zero-order valence-corrected chi connectivity index (χ0v) is 10.5. The Labute approximate surface area is 107 Å². The Morgan fingerprint density at radius 2 is 2.17 bits per heavy atom. The maximum atomic E-state index is 4.35. The van der Waals surface area contributed by atoms with Crippen molar-refractivity contribution in [1.82, 2.24) is 15.3 Å². The lowest BCUT2D eigenvalue weighted by Crippen LogP contribution is -2.23. The molecule has 3 heteroatoms. The maximum Gasteiger partial charge on any atom is 0.0753 e. The standard InChI is InChI=1S/C15H17N3/c1-11(15-10-16-8-9-17-15)18-14-7-6-12-4-2-3-5-13(12)14/h2-5,8-11,14,18H,6-7H2,1H3. The topological polar surface area (TPSA) is 37.8 Å². The highest BCUT2D eigenvalue weighted by Crippen LogP contribution is 2.32. The molecule has 2 atom stereocenters. The molecule has 0 fully saturated rings. The number of hydrogen-bond acceptors (Lipinski definition) is 3. The van der Waals surface area contributed by atoms with Crippen molar-refractivity contribution in [3.8, 4) is 0 Å². The van der Waals surface area contributed by atoms with Gasteiger partial charge in [-0.2, -0.15) is 0 Å². The first-order chi connectivity index (χ1) is 8.84. The van der Waals surface area contributed by atoms with Crippen molar-refractivity contribution in [3.05, 3.63) is 59.7 Å². The number of nitrogens with one attached hydrogen (secondary N) is 1. The number of aryl methyl sites for hydroxylation is 1. The minimum Gasteiger partial charge on any atom is -0.302 e. The van der Waals surface area contributed by atoms with E-state index in [1.165, 1.54) is 24.0 Å². The molecule has 0 radical (unpaired) electrons. The Morgan fingerprint density at radius 3 is 3.00 bits per heavy atom. The molecule has 1 N–H and O–H groups in total. The van der Waals surface area contributed by atoms with Crippen molar-refractivity contribution < 1.29 is 0 Å². The van der Waals surface area contributed by atoms with Crippen molar-refractivity contribution in [2.75, 3.05) is 0 Å². The van der Waals surface area contributed by atoms with Crippen molar-refractivity contribution in [2.24, 2.45) is 0 Å². The highest BCUT2D eigenvalue weighted by Gasteiger charge is 2.23. The molecule has 92 valence electrons. The van der Waals surface area contributed by atoms with E-state index in [2.05, 4.69) is 46.5 Å². The fourth-order valence-electron chi connectivity index (χ4n) is 2.65. The van der Waals surface area contributed by atoms with E-state index in [9.17, 15) is 0 Å². The smallest absolute Gasteiger partial charge is 0.0753 e. The molecule has 0 saturated heterocycles. The molecule has 0 aliphatic heterocycles. The second kappa shape index (κ2) is 4.86. The van der Waals surface area contributed by atoms with Gasteiger partial charge < -0.3 is 5.32 Å². The lowest BCUT2D eigenvalue weighted by Gasteiger charge is -2.19. The van der Waals surface area contributed by atoms with Crippen molar-refractivity contribution in [2.45, 2.75) is 31.8 Å². The average Bonchev–Trinajstić information content (AvgIpc) is 2.83. The Balaban J connectivity index is 1.75. The summed E-state index contributed by atoms with van der Waals surface area (Å²) < 4.78 is 0. The van der Waals surface area contributed by atoms with E-state index in [1.54, 1.807) is 12.4 Å². The monoisotopic (exact) mass is 239 g/mol. The van der Waals surface area contributed by atoms with Crippen LogP contribution in [0.25, 0.3) is 0 Å². The first-order valence-corrected chi connectivity index (χ1v) is 6.44. The van der Waals surface area contributed by atoms with Crippen LogP contribution in [0.2, 0.25) is 0 Å². The van der Waals surface area contributed by atoms with Crippen LogP contribution < -0.4 is 5.32 Å². The van der Waals surface area contributed by atoms with Crippen LogP contribution >= 0.6 is 0 Å². The largest absolute Gasteiger partial charge is 0.302 e. The van der Waals surface area contributed by atoms with Gasteiger partial charge in [-0.3, -0.25) is 9.97 Å². The molecule has 1 heterocycles. The molecule has 0 spiro atoms. The van der Waals surface area contributed by atoms with Gasteiger partial charge in [0.15, 0.2) is 0 Å². The number of rotatable bonds is 3. The minimum atomic E-state index is 0.231. The number of hydrogen-bond donors (Lipinski definition) is 1. The third kappa shape index (κ3) is 2.14. The summed E-state index contributed by atoms with van der Waals surface area (Å²) in [6.07, 6.45) is 7.63. The first-order valence-electron chi connectivity index (χ1n) is 6.44. The summed E-state index contributed by atoms with van der Waals surface area (Å²) in [7, 11) is 0. The molecule has 3 rings (SSSR count). The average molecular weight is 239 g/mol. The predicted molar refractivity (Wildman–Crippen MR) is 71.1 cm³/mol. The van der Waals surface area contributed by atoms with Crippen LogP contribution in [0.1, 0.15) is 42.2 Å². The lowest BCUT2D eigenvalue weighted by molar-refractivity contribution is 0.457. The van der Waals surface area contributed by atoms with Crippen LogP contribution in [0.3, 0.4) is 0 Å². The second-order valence-electron chi connectivity index (χ2n) is 4.81. The van der Waals surface area contributed by atoms with Crippen LogP contribution in [-0.4, -0.2) is 9.97 Å². The van der Waals surface area contributed by atoms with E-state index in [-0.39, 0.29) is 6.04 Å². The van der Waals surface area contributed by atoms with Gasteiger partial charge in [-0.25, -0.2) is 0 Å². The van der Waals surface area contributed by atoms with Crippen molar-refractivity contribution in [1.29, 1.82) is 0 Å². The summed E-state index contributed by atoms with van der Waals surface area (Å²) in [6.45, 7) is 2.14. The van der Waals surface area contributed by atoms with Crippen molar-refractivity contribution in [3.63, 3.8) is 0 Å². The van der Waals surface area contributed by atoms with E-state index in [0.29, 0.717) is 6.04 Å². The SMILES string of the molecule is CC(NC1CCc2ccccc21)c1cnccn1. The molecular weight excluding hydrogens is 222 g/mol. The summed E-state index contributed by atoms with van der Waals surface area (Å²) in [5.74, 6) is 0. The molecule has 18 heavy (non-hydrogen) atoms. The second-order valence-corrected chi connectivity index (χ2v) is 4.81. The summed E-state index contributed by atoms with van der Waals surface area (Å²) in [5, 5.41) is 3.65. The van der Waals surface area contributed by atoms with Gasteiger partial charge in [0.1, 0.15) is 0 Å². The summed E-state index contributed by atoms with van der Waals surface area (Å²) in [4.78, 5) is 8.47. The molecule has 0 amide bonds. The Morgan fingerprint density at radius 1 is 1.28 bits per heavy atom. The molecule has 1 aromatic heterocycles. The lowest BCUT2D eigenvalue weighted by atomic mass is 10.1. The Hall–Kier alpha value is -1.74. The molecule has 1 aliphatic rings. The van der Waals surface area contributed by atoms with Crippen LogP contribution in [0, 0.1) is 0 Å². The molecule has 1 aromatic carbocycles. The summed E-state index contributed by atoms with van der Waals surface area (Å²) >= 11 is 0. The normalized spacial score (nSPS) is 19.5. The zero-order chi connectivity index (χ0) is 12.4. The molecule has 0 bridgehead atoms. The van der Waals surface area contributed by atoms with Crippen LogP contribution in [-0.2, 0) is 6.42 Å². The molecule has 2 unspecified atom stereocenters. The van der Waals surface area contributed by atoms with E-state index in [0.717, 1.165) is 5.69 Å². The number of benzene rings is 1. The first kappa shape index (κ1) is 11.4. The molecular formula is C15H17N3. The van der Waals surface area contributed by atoms with Gasteiger partial charge in [0, 0.05) is 30.7 Å². The zero-order valence-electron chi connectivity index (χ0n) is 10.5. The number of fused-ring (bicyclic) bond motifs is 1. The molecule has 1 aliphatic carbocycles. The number of nitrogens with zero attached hydrogens (tertiary/aromatic N) is 2. The van der Waals surface area contributed by atoms with Crippen LogP contribution in [0.4, 0.5) is 0 Å².